The highest BCUT2D eigenvalue weighted by Gasteiger charge is 2.38. The summed E-state index contributed by atoms with van der Waals surface area (Å²) in [5, 5.41) is 3.00. The van der Waals surface area contributed by atoms with Crippen LogP contribution >= 0.6 is 0 Å². The predicted molar refractivity (Wildman–Crippen MR) is 102 cm³/mol. The van der Waals surface area contributed by atoms with Crippen molar-refractivity contribution in [1.82, 2.24) is 4.90 Å². The van der Waals surface area contributed by atoms with E-state index in [0.29, 0.717) is 30.4 Å². The molecule has 1 saturated heterocycles. The Balaban J connectivity index is 1.72. The van der Waals surface area contributed by atoms with Crippen molar-refractivity contribution in [2.75, 3.05) is 19.0 Å². The summed E-state index contributed by atoms with van der Waals surface area (Å²) in [6.07, 6.45) is 4.82. The number of carbonyl (C=O) groups excluding carboxylic acids is 2. The smallest absolute Gasteiger partial charge is 0.229 e. The Morgan fingerprint density at radius 1 is 1.23 bits per heavy atom. The highest BCUT2D eigenvalue weighted by molar-refractivity contribution is 5.98. The maximum absolute atomic E-state index is 12.8. The summed E-state index contributed by atoms with van der Waals surface area (Å²) in [4.78, 5) is 27.1. The molecule has 3 rings (SSSR count). The van der Waals surface area contributed by atoms with E-state index in [9.17, 15) is 9.59 Å². The van der Waals surface area contributed by atoms with Crippen LogP contribution in [0, 0.1) is 5.92 Å². The molecule has 5 nitrogen and oxygen atoms in total. The van der Waals surface area contributed by atoms with E-state index in [4.69, 9.17) is 4.74 Å². The van der Waals surface area contributed by atoms with Gasteiger partial charge in [0.2, 0.25) is 11.8 Å². The number of methoxy groups -OCH3 is 1. The number of benzene rings is 1. The Kier molecular flexibility index (Phi) is 5.26. The van der Waals surface area contributed by atoms with Crippen LogP contribution in [0.15, 0.2) is 18.2 Å². The largest absolute Gasteiger partial charge is 0.495 e. The van der Waals surface area contributed by atoms with Crippen LogP contribution in [0.4, 0.5) is 5.69 Å². The van der Waals surface area contributed by atoms with Crippen molar-refractivity contribution >= 4 is 17.5 Å². The van der Waals surface area contributed by atoms with Gasteiger partial charge < -0.3 is 15.0 Å². The third-order valence-corrected chi connectivity index (χ3v) is 5.62. The third kappa shape index (κ3) is 3.87. The van der Waals surface area contributed by atoms with Gasteiger partial charge in [-0.1, -0.05) is 39.7 Å². The molecular formula is C21H30N2O3. The predicted octanol–water partition coefficient (Wildman–Crippen LogP) is 3.72. The van der Waals surface area contributed by atoms with Crippen LogP contribution in [-0.4, -0.2) is 36.4 Å². The second-order valence-corrected chi connectivity index (χ2v) is 8.54. The van der Waals surface area contributed by atoms with Gasteiger partial charge in [0.25, 0.3) is 0 Å². The molecule has 1 heterocycles. The molecule has 0 radical (unpaired) electrons. The van der Waals surface area contributed by atoms with Crippen molar-refractivity contribution in [2.45, 2.75) is 64.3 Å². The minimum Gasteiger partial charge on any atom is -0.495 e. The number of hydrogen-bond acceptors (Lipinski definition) is 3. The fraction of sp³-hybridized carbons (Fsp3) is 0.619. The number of nitrogens with one attached hydrogen (secondary N) is 1. The molecule has 26 heavy (non-hydrogen) atoms. The molecule has 0 unspecified atom stereocenters. The van der Waals surface area contributed by atoms with Crippen molar-refractivity contribution in [3.8, 4) is 5.75 Å². The fourth-order valence-electron chi connectivity index (χ4n) is 3.98. The first kappa shape index (κ1) is 18.7. The summed E-state index contributed by atoms with van der Waals surface area (Å²) in [6, 6.07) is 6.22. The molecule has 2 amide bonds. The summed E-state index contributed by atoms with van der Waals surface area (Å²) in [5.74, 6) is 0.380. The molecule has 1 saturated carbocycles. The monoisotopic (exact) mass is 358 g/mol. The van der Waals surface area contributed by atoms with Gasteiger partial charge in [0.15, 0.2) is 0 Å². The van der Waals surface area contributed by atoms with Crippen molar-refractivity contribution in [2.24, 2.45) is 5.92 Å². The lowest BCUT2D eigenvalue weighted by Gasteiger charge is -2.24. The van der Waals surface area contributed by atoms with Crippen molar-refractivity contribution in [3.63, 3.8) is 0 Å². The van der Waals surface area contributed by atoms with Crippen LogP contribution in [0.2, 0.25) is 0 Å². The SMILES string of the molecule is COc1ccc(C(C)(C)C)cc1NC(=O)[C@@H]1CC(=O)N(C2CCCC2)C1. The molecule has 0 spiro atoms. The number of likely N-dealkylation sites (tertiary alicyclic amines) is 1. The first-order valence-electron chi connectivity index (χ1n) is 9.58. The molecule has 1 aliphatic carbocycles. The summed E-state index contributed by atoms with van der Waals surface area (Å²) in [7, 11) is 1.60. The molecule has 142 valence electrons. The van der Waals surface area contributed by atoms with E-state index in [1.54, 1.807) is 7.11 Å². The topological polar surface area (TPSA) is 58.6 Å². The van der Waals surface area contributed by atoms with Gasteiger partial charge in [-0.05, 0) is 36.0 Å². The number of amides is 2. The van der Waals surface area contributed by atoms with Crippen LogP contribution in [0.25, 0.3) is 0 Å². The average molecular weight is 358 g/mol. The van der Waals surface area contributed by atoms with Crippen LogP contribution in [0.5, 0.6) is 5.75 Å². The Morgan fingerprint density at radius 2 is 1.92 bits per heavy atom. The summed E-state index contributed by atoms with van der Waals surface area (Å²) in [6.45, 7) is 6.94. The maximum Gasteiger partial charge on any atom is 0.229 e. The number of ether oxygens (including phenoxy) is 1. The highest BCUT2D eigenvalue weighted by Crippen LogP contribution is 2.33. The zero-order valence-electron chi connectivity index (χ0n) is 16.3. The van der Waals surface area contributed by atoms with Gasteiger partial charge in [0.05, 0.1) is 18.7 Å². The Labute approximate surface area is 156 Å². The van der Waals surface area contributed by atoms with Crippen LogP contribution in [-0.2, 0) is 15.0 Å². The Hall–Kier alpha value is -2.04. The lowest BCUT2D eigenvalue weighted by molar-refractivity contribution is -0.129. The van der Waals surface area contributed by atoms with Crippen LogP contribution in [0.3, 0.4) is 0 Å². The van der Waals surface area contributed by atoms with Crippen molar-refractivity contribution < 1.29 is 14.3 Å². The summed E-state index contributed by atoms with van der Waals surface area (Å²) >= 11 is 0. The minimum atomic E-state index is -0.286. The molecule has 2 aliphatic rings. The number of carbonyl (C=O) groups is 2. The van der Waals surface area contributed by atoms with Gasteiger partial charge in [-0.15, -0.1) is 0 Å². The van der Waals surface area contributed by atoms with E-state index in [1.165, 1.54) is 12.8 Å². The van der Waals surface area contributed by atoms with Gasteiger partial charge in [-0.25, -0.2) is 0 Å². The maximum atomic E-state index is 12.8. The van der Waals surface area contributed by atoms with Crippen LogP contribution in [0.1, 0.15) is 58.4 Å². The van der Waals surface area contributed by atoms with E-state index in [0.717, 1.165) is 18.4 Å². The molecule has 1 N–H and O–H groups in total. The first-order valence-corrected chi connectivity index (χ1v) is 9.58. The van der Waals surface area contributed by atoms with Gasteiger partial charge in [0.1, 0.15) is 5.75 Å². The lowest BCUT2D eigenvalue weighted by Crippen LogP contribution is -2.35. The van der Waals surface area contributed by atoms with E-state index >= 15 is 0 Å². The third-order valence-electron chi connectivity index (χ3n) is 5.62. The van der Waals surface area contributed by atoms with Gasteiger partial charge in [-0.2, -0.15) is 0 Å². The molecule has 0 bridgehead atoms. The highest BCUT2D eigenvalue weighted by atomic mass is 16.5. The molecule has 1 aromatic rings. The number of hydrogen-bond donors (Lipinski definition) is 1. The van der Waals surface area contributed by atoms with E-state index in [-0.39, 0.29) is 23.1 Å². The molecule has 0 aromatic heterocycles. The molecule has 1 atom stereocenters. The number of nitrogens with zero attached hydrogens (tertiary/aromatic N) is 1. The summed E-state index contributed by atoms with van der Waals surface area (Å²) < 4.78 is 5.41. The zero-order valence-corrected chi connectivity index (χ0v) is 16.3. The molecule has 1 aromatic carbocycles. The van der Waals surface area contributed by atoms with E-state index in [2.05, 4.69) is 26.1 Å². The van der Waals surface area contributed by atoms with Crippen molar-refractivity contribution in [1.29, 1.82) is 0 Å². The second-order valence-electron chi connectivity index (χ2n) is 8.54. The van der Waals surface area contributed by atoms with Gasteiger partial charge >= 0.3 is 0 Å². The second kappa shape index (κ2) is 7.29. The zero-order chi connectivity index (χ0) is 18.9. The normalized spacial score (nSPS) is 21.3. The Bertz CT molecular complexity index is 687. The van der Waals surface area contributed by atoms with Crippen molar-refractivity contribution in [3.05, 3.63) is 23.8 Å². The average Bonchev–Trinajstić information content (AvgIpc) is 3.23. The summed E-state index contributed by atoms with van der Waals surface area (Å²) in [5.41, 5.74) is 1.79. The minimum absolute atomic E-state index is 0.0195. The van der Waals surface area contributed by atoms with E-state index in [1.807, 2.05) is 23.1 Å². The number of rotatable bonds is 4. The first-order chi connectivity index (χ1) is 12.3. The van der Waals surface area contributed by atoms with Gasteiger partial charge in [0, 0.05) is 19.0 Å². The molecule has 2 fully saturated rings. The van der Waals surface area contributed by atoms with E-state index < -0.39 is 0 Å². The van der Waals surface area contributed by atoms with Gasteiger partial charge in [-0.3, -0.25) is 9.59 Å². The molecule has 1 aliphatic heterocycles. The molecule has 5 heteroatoms. The number of anilines is 1. The fourth-order valence-corrected chi connectivity index (χ4v) is 3.98. The quantitative estimate of drug-likeness (QED) is 0.892. The van der Waals surface area contributed by atoms with Crippen LogP contribution < -0.4 is 10.1 Å². The standard InChI is InChI=1S/C21H30N2O3/c1-21(2,3)15-9-10-18(26-4)17(12-15)22-20(25)14-11-19(24)23(13-14)16-7-5-6-8-16/h9-10,12,14,16H,5-8,11,13H2,1-4H3,(H,22,25)/t14-/m1/s1. The lowest BCUT2D eigenvalue weighted by atomic mass is 9.86. The molecular weight excluding hydrogens is 328 g/mol. The Morgan fingerprint density at radius 3 is 2.54 bits per heavy atom.